The van der Waals surface area contributed by atoms with Crippen molar-refractivity contribution in [3.05, 3.63) is 29.3 Å². The molecule has 0 atom stereocenters. The molecule has 1 spiro atoms. The zero-order valence-corrected chi connectivity index (χ0v) is 18.6. The Kier molecular flexibility index (Phi) is 6.52. The number of aliphatic imine (C=N–C) groups is 2. The lowest BCUT2D eigenvalue weighted by atomic mass is 9.87. The van der Waals surface area contributed by atoms with Crippen LogP contribution in [0.1, 0.15) is 80.5 Å². The summed E-state index contributed by atoms with van der Waals surface area (Å²) in [5, 5.41) is 0. The number of carbonyl (C=O) groups is 2. The molecule has 168 valence electrons. The fraction of sp³-hybridized carbons (Fsp3) is 0.545. The second kappa shape index (κ2) is 8.95. The number of carbonyl (C=O) groups excluding carboxylic acids is 2. The van der Waals surface area contributed by atoms with Crippen LogP contribution in [0.4, 0.5) is 5.69 Å². The van der Waals surface area contributed by atoms with Crippen LogP contribution in [-0.2, 0) is 9.47 Å². The molecule has 0 saturated heterocycles. The molecule has 1 fully saturated rings. The molecular formula is C22H31N5O4. The first-order valence-electron chi connectivity index (χ1n) is 10.7. The fourth-order valence-corrected chi connectivity index (χ4v) is 4.04. The molecule has 0 bridgehead atoms. The highest BCUT2D eigenvalue weighted by molar-refractivity contribution is 6.07. The smallest absolute Gasteiger partial charge is 0.338 e. The van der Waals surface area contributed by atoms with Gasteiger partial charge in [-0.15, -0.1) is 0 Å². The van der Waals surface area contributed by atoms with E-state index < -0.39 is 17.6 Å². The second-order valence-electron chi connectivity index (χ2n) is 8.50. The molecule has 1 saturated carbocycles. The van der Waals surface area contributed by atoms with Gasteiger partial charge in [0.15, 0.2) is 0 Å². The lowest BCUT2D eigenvalue weighted by Gasteiger charge is -2.45. The van der Waals surface area contributed by atoms with E-state index in [9.17, 15) is 9.59 Å². The molecule has 0 aromatic heterocycles. The summed E-state index contributed by atoms with van der Waals surface area (Å²) in [6, 6.07) is 4.76. The molecule has 9 heteroatoms. The average Bonchev–Trinajstić information content (AvgIpc) is 2.66. The summed E-state index contributed by atoms with van der Waals surface area (Å²) < 4.78 is 10.7. The van der Waals surface area contributed by atoms with Gasteiger partial charge in [0.2, 0.25) is 11.9 Å². The summed E-state index contributed by atoms with van der Waals surface area (Å²) in [4.78, 5) is 36.0. The number of nitrogens with zero attached hydrogens (tertiary/aromatic N) is 3. The van der Waals surface area contributed by atoms with Crippen LogP contribution < -0.4 is 16.4 Å². The molecule has 3 rings (SSSR count). The molecule has 1 aromatic carbocycles. The van der Waals surface area contributed by atoms with Crippen molar-refractivity contribution < 1.29 is 19.1 Å². The first kappa shape index (κ1) is 22.6. The number of esters is 2. The lowest BCUT2D eigenvalue weighted by molar-refractivity contribution is 0.0377. The summed E-state index contributed by atoms with van der Waals surface area (Å²) >= 11 is 0. The van der Waals surface area contributed by atoms with Crippen LogP contribution in [0.5, 0.6) is 0 Å². The molecule has 0 amide bonds. The molecule has 9 nitrogen and oxygen atoms in total. The van der Waals surface area contributed by atoms with Crippen molar-refractivity contribution in [3.8, 4) is 0 Å². The van der Waals surface area contributed by atoms with E-state index in [2.05, 4.69) is 9.98 Å². The number of ether oxygens (including phenoxy) is 2. The van der Waals surface area contributed by atoms with Gasteiger partial charge >= 0.3 is 11.9 Å². The van der Waals surface area contributed by atoms with Crippen LogP contribution >= 0.6 is 0 Å². The van der Waals surface area contributed by atoms with Crippen molar-refractivity contribution in [2.24, 2.45) is 21.5 Å². The van der Waals surface area contributed by atoms with Crippen molar-refractivity contribution in [1.82, 2.24) is 0 Å². The number of guanidine groups is 2. The Balaban J connectivity index is 2.12. The Labute approximate surface area is 182 Å². The van der Waals surface area contributed by atoms with Crippen LogP contribution in [0.15, 0.2) is 28.2 Å². The third-order valence-corrected chi connectivity index (χ3v) is 5.18. The van der Waals surface area contributed by atoms with Crippen molar-refractivity contribution in [2.75, 3.05) is 4.90 Å². The number of rotatable bonds is 5. The third kappa shape index (κ3) is 4.98. The van der Waals surface area contributed by atoms with E-state index in [1.165, 1.54) is 6.07 Å². The van der Waals surface area contributed by atoms with Crippen molar-refractivity contribution in [2.45, 2.75) is 77.7 Å². The van der Waals surface area contributed by atoms with E-state index in [0.29, 0.717) is 5.69 Å². The number of benzene rings is 1. The zero-order chi connectivity index (χ0) is 22.8. The molecule has 1 aromatic rings. The minimum absolute atomic E-state index is 0.130. The van der Waals surface area contributed by atoms with Crippen LogP contribution in [0.3, 0.4) is 0 Å². The summed E-state index contributed by atoms with van der Waals surface area (Å²) in [5.41, 5.74) is 12.5. The van der Waals surface area contributed by atoms with Gasteiger partial charge < -0.3 is 20.9 Å². The molecule has 1 heterocycles. The van der Waals surface area contributed by atoms with E-state index in [4.69, 9.17) is 20.9 Å². The Bertz CT molecular complexity index is 876. The van der Waals surface area contributed by atoms with Gasteiger partial charge in [0.05, 0.1) is 23.3 Å². The fourth-order valence-electron chi connectivity index (χ4n) is 4.04. The van der Waals surface area contributed by atoms with Crippen molar-refractivity contribution in [3.63, 3.8) is 0 Å². The van der Waals surface area contributed by atoms with Gasteiger partial charge in [0, 0.05) is 5.69 Å². The summed E-state index contributed by atoms with van der Waals surface area (Å²) in [6.07, 6.45) is 3.85. The Morgan fingerprint density at radius 1 is 0.935 bits per heavy atom. The SMILES string of the molecule is CC(C)OC(=O)c1cc(C(=O)OC(C)C)cc(N2C(N)=NC(N)=NC23CCCCC3)c1. The van der Waals surface area contributed by atoms with Crippen molar-refractivity contribution >= 4 is 29.5 Å². The Morgan fingerprint density at radius 2 is 1.45 bits per heavy atom. The molecule has 1 aliphatic carbocycles. The highest BCUT2D eigenvalue weighted by Crippen LogP contribution is 2.40. The molecule has 2 aliphatic rings. The summed E-state index contributed by atoms with van der Waals surface area (Å²) in [7, 11) is 0. The molecular weight excluding hydrogens is 398 g/mol. The molecule has 1 aliphatic heterocycles. The first-order chi connectivity index (χ1) is 14.6. The highest BCUT2D eigenvalue weighted by Gasteiger charge is 2.43. The zero-order valence-electron chi connectivity index (χ0n) is 18.6. The van der Waals surface area contributed by atoms with Gasteiger partial charge in [-0.25, -0.2) is 14.6 Å². The molecule has 4 N–H and O–H groups in total. The van der Waals surface area contributed by atoms with Gasteiger partial charge in [-0.1, -0.05) is 6.42 Å². The van der Waals surface area contributed by atoms with E-state index in [1.807, 2.05) is 0 Å². The van der Waals surface area contributed by atoms with Crippen LogP contribution in [0.2, 0.25) is 0 Å². The van der Waals surface area contributed by atoms with Gasteiger partial charge in [-0.2, -0.15) is 4.99 Å². The Hall–Kier alpha value is -3.10. The molecule has 0 unspecified atom stereocenters. The number of hydrogen-bond donors (Lipinski definition) is 2. The van der Waals surface area contributed by atoms with Crippen LogP contribution in [0, 0.1) is 0 Å². The predicted octanol–water partition coefficient (Wildman–Crippen LogP) is 2.93. The maximum absolute atomic E-state index is 12.7. The minimum Gasteiger partial charge on any atom is -0.459 e. The quantitative estimate of drug-likeness (QED) is 0.688. The van der Waals surface area contributed by atoms with Crippen LogP contribution in [0.25, 0.3) is 0 Å². The maximum atomic E-state index is 12.7. The van der Waals surface area contributed by atoms with Gasteiger partial charge in [-0.05, 0) is 71.6 Å². The van der Waals surface area contributed by atoms with Crippen LogP contribution in [-0.4, -0.2) is 41.7 Å². The number of hydrogen-bond acceptors (Lipinski definition) is 9. The van der Waals surface area contributed by atoms with Crippen molar-refractivity contribution in [1.29, 1.82) is 0 Å². The standard InChI is InChI=1S/C22H31N5O4/c1-13(2)30-18(28)15-10-16(19(29)31-14(3)4)12-17(11-15)27-21(24)25-20(23)26-22(27)8-6-5-7-9-22/h10-14H,5-9H2,1-4H3,(H4,23,24,25,26). The van der Waals surface area contributed by atoms with E-state index in [-0.39, 0.29) is 35.3 Å². The topological polar surface area (TPSA) is 133 Å². The van der Waals surface area contributed by atoms with Gasteiger partial charge in [0.1, 0.15) is 5.66 Å². The largest absolute Gasteiger partial charge is 0.459 e. The first-order valence-corrected chi connectivity index (χ1v) is 10.7. The third-order valence-electron chi connectivity index (χ3n) is 5.18. The van der Waals surface area contributed by atoms with E-state index in [0.717, 1.165) is 32.1 Å². The average molecular weight is 430 g/mol. The number of nitrogens with two attached hydrogens (primary N) is 2. The van der Waals surface area contributed by atoms with E-state index in [1.54, 1.807) is 44.7 Å². The molecule has 0 radical (unpaired) electrons. The lowest BCUT2D eigenvalue weighted by Crippen LogP contribution is -2.58. The normalized spacial score (nSPS) is 18.1. The van der Waals surface area contributed by atoms with Gasteiger partial charge in [-0.3, -0.25) is 4.90 Å². The summed E-state index contributed by atoms with van der Waals surface area (Å²) in [6.45, 7) is 7.05. The molecule has 31 heavy (non-hydrogen) atoms. The summed E-state index contributed by atoms with van der Waals surface area (Å²) in [5.74, 6) is -0.773. The second-order valence-corrected chi connectivity index (χ2v) is 8.50. The highest BCUT2D eigenvalue weighted by atomic mass is 16.5. The predicted molar refractivity (Wildman–Crippen MR) is 119 cm³/mol. The minimum atomic E-state index is -0.700. The van der Waals surface area contributed by atoms with Gasteiger partial charge in [0.25, 0.3) is 0 Å². The monoisotopic (exact) mass is 429 g/mol. The number of anilines is 1. The Morgan fingerprint density at radius 3 is 1.94 bits per heavy atom. The van der Waals surface area contributed by atoms with E-state index >= 15 is 0 Å². The maximum Gasteiger partial charge on any atom is 0.338 e.